The molecule has 19 heavy (non-hydrogen) atoms. The molecule has 1 N–H and O–H groups in total. The zero-order valence-corrected chi connectivity index (χ0v) is 10.6. The Kier molecular flexibility index (Phi) is 4.47. The highest BCUT2D eigenvalue weighted by molar-refractivity contribution is 5.26. The van der Waals surface area contributed by atoms with Gasteiger partial charge in [0.15, 0.2) is 11.6 Å². The van der Waals surface area contributed by atoms with Gasteiger partial charge in [-0.25, -0.2) is 8.78 Å². The van der Waals surface area contributed by atoms with Gasteiger partial charge in [0.25, 0.3) is 0 Å². The zero-order valence-electron chi connectivity index (χ0n) is 10.6. The highest BCUT2D eigenvalue weighted by atomic mass is 19.1. The summed E-state index contributed by atoms with van der Waals surface area (Å²) in [7, 11) is 1.88. The quantitative estimate of drug-likeness (QED) is 0.894. The molecule has 0 aliphatic rings. The Balaban J connectivity index is 1.98. The lowest BCUT2D eigenvalue weighted by molar-refractivity contribution is 0.289. The lowest BCUT2D eigenvalue weighted by atomic mass is 10.1. The van der Waals surface area contributed by atoms with E-state index in [1.165, 1.54) is 17.7 Å². The second-order valence-corrected chi connectivity index (χ2v) is 4.21. The van der Waals surface area contributed by atoms with Crippen molar-refractivity contribution in [3.8, 4) is 5.75 Å². The third-order valence-electron chi connectivity index (χ3n) is 2.69. The van der Waals surface area contributed by atoms with E-state index in [4.69, 9.17) is 4.74 Å². The number of ether oxygens (including phenoxy) is 1. The molecule has 0 fully saturated rings. The molecule has 0 saturated heterocycles. The zero-order chi connectivity index (χ0) is 13.7. The van der Waals surface area contributed by atoms with Crippen LogP contribution in [0.15, 0.2) is 42.5 Å². The molecule has 0 aliphatic carbocycles. The summed E-state index contributed by atoms with van der Waals surface area (Å²) in [5, 5.41) is 3.06. The number of hydrogen-bond acceptors (Lipinski definition) is 2. The van der Waals surface area contributed by atoms with Crippen LogP contribution in [0.2, 0.25) is 0 Å². The van der Waals surface area contributed by atoms with Crippen LogP contribution >= 0.6 is 0 Å². The third-order valence-corrected chi connectivity index (χ3v) is 2.69. The van der Waals surface area contributed by atoms with Crippen LogP contribution in [0.25, 0.3) is 0 Å². The summed E-state index contributed by atoms with van der Waals surface area (Å²) in [6.45, 7) is 1.05. The summed E-state index contributed by atoms with van der Waals surface area (Å²) in [5.74, 6) is -1.24. The van der Waals surface area contributed by atoms with Crippen molar-refractivity contribution in [2.75, 3.05) is 7.05 Å². The minimum absolute atomic E-state index is 0.0562. The largest absolute Gasteiger partial charge is 0.486 e. The third kappa shape index (κ3) is 3.76. The van der Waals surface area contributed by atoms with Gasteiger partial charge in [-0.15, -0.1) is 0 Å². The van der Waals surface area contributed by atoms with Crippen molar-refractivity contribution in [2.45, 2.75) is 13.2 Å². The maximum atomic E-state index is 13.3. The van der Waals surface area contributed by atoms with Crippen molar-refractivity contribution in [1.82, 2.24) is 5.32 Å². The molecule has 2 rings (SSSR count). The second kappa shape index (κ2) is 6.29. The van der Waals surface area contributed by atoms with Crippen LogP contribution in [0.5, 0.6) is 5.75 Å². The average Bonchev–Trinajstić information content (AvgIpc) is 2.40. The monoisotopic (exact) mass is 263 g/mol. The van der Waals surface area contributed by atoms with Crippen LogP contribution in [0, 0.1) is 11.6 Å². The maximum absolute atomic E-state index is 13.3. The fourth-order valence-electron chi connectivity index (χ4n) is 1.71. The van der Waals surface area contributed by atoms with Crippen molar-refractivity contribution < 1.29 is 13.5 Å². The fourth-order valence-corrected chi connectivity index (χ4v) is 1.71. The lowest BCUT2D eigenvalue weighted by Gasteiger charge is -2.08. The Bertz CT molecular complexity index is 540. The molecule has 0 atom stereocenters. The molecule has 0 aliphatic heterocycles. The predicted octanol–water partition coefficient (Wildman–Crippen LogP) is 3.26. The van der Waals surface area contributed by atoms with Gasteiger partial charge >= 0.3 is 0 Å². The molecular weight excluding hydrogens is 248 g/mol. The van der Waals surface area contributed by atoms with E-state index in [1.54, 1.807) is 0 Å². The van der Waals surface area contributed by atoms with Crippen LogP contribution in [0.4, 0.5) is 8.78 Å². The molecule has 0 saturated carbocycles. The molecule has 2 aromatic carbocycles. The topological polar surface area (TPSA) is 21.3 Å². The molecule has 0 aromatic heterocycles. The van der Waals surface area contributed by atoms with Gasteiger partial charge in [0.05, 0.1) is 0 Å². The second-order valence-electron chi connectivity index (χ2n) is 4.21. The van der Waals surface area contributed by atoms with E-state index in [-0.39, 0.29) is 12.4 Å². The number of hydrogen-bond donors (Lipinski definition) is 1. The molecule has 2 nitrogen and oxygen atoms in total. The Labute approximate surface area is 111 Å². The number of halogens is 2. The molecule has 0 spiro atoms. The summed E-state index contributed by atoms with van der Waals surface area (Å²) in [6.07, 6.45) is 0. The first-order chi connectivity index (χ1) is 9.19. The molecule has 2 aromatic rings. The first kappa shape index (κ1) is 13.5. The van der Waals surface area contributed by atoms with Crippen LogP contribution < -0.4 is 10.1 Å². The van der Waals surface area contributed by atoms with Gasteiger partial charge in [-0.3, -0.25) is 0 Å². The SMILES string of the molecule is CNCc1ccc(COc2ccc(F)cc2F)cc1. The number of benzene rings is 2. The summed E-state index contributed by atoms with van der Waals surface area (Å²) in [5.41, 5.74) is 2.10. The Hall–Kier alpha value is -1.94. The van der Waals surface area contributed by atoms with Gasteiger partial charge < -0.3 is 10.1 Å². The first-order valence-electron chi connectivity index (χ1n) is 5.99. The van der Waals surface area contributed by atoms with E-state index >= 15 is 0 Å². The Morgan fingerprint density at radius 1 is 1.00 bits per heavy atom. The van der Waals surface area contributed by atoms with E-state index in [1.807, 2.05) is 31.3 Å². The van der Waals surface area contributed by atoms with E-state index in [9.17, 15) is 8.78 Å². The van der Waals surface area contributed by atoms with Crippen LogP contribution in [0.1, 0.15) is 11.1 Å². The molecule has 0 heterocycles. The summed E-state index contributed by atoms with van der Waals surface area (Å²) in [4.78, 5) is 0. The van der Waals surface area contributed by atoms with Gasteiger partial charge in [0, 0.05) is 12.6 Å². The summed E-state index contributed by atoms with van der Waals surface area (Å²) < 4.78 is 31.4. The highest BCUT2D eigenvalue weighted by Gasteiger charge is 2.05. The summed E-state index contributed by atoms with van der Waals surface area (Å²) in [6, 6.07) is 11.1. The number of nitrogens with one attached hydrogen (secondary N) is 1. The average molecular weight is 263 g/mol. The summed E-state index contributed by atoms with van der Waals surface area (Å²) >= 11 is 0. The van der Waals surface area contributed by atoms with Crippen molar-refractivity contribution >= 4 is 0 Å². The van der Waals surface area contributed by atoms with Crippen LogP contribution in [0.3, 0.4) is 0 Å². The number of rotatable bonds is 5. The van der Waals surface area contributed by atoms with Gasteiger partial charge in [-0.1, -0.05) is 24.3 Å². The van der Waals surface area contributed by atoms with Gasteiger partial charge in [0.1, 0.15) is 12.4 Å². The van der Waals surface area contributed by atoms with E-state index in [2.05, 4.69) is 5.32 Å². The first-order valence-corrected chi connectivity index (χ1v) is 5.99. The van der Waals surface area contributed by atoms with Gasteiger partial charge in [-0.2, -0.15) is 0 Å². The van der Waals surface area contributed by atoms with Crippen molar-refractivity contribution in [3.63, 3.8) is 0 Å². The van der Waals surface area contributed by atoms with E-state index in [0.29, 0.717) is 0 Å². The Morgan fingerprint density at radius 2 is 1.68 bits per heavy atom. The normalized spacial score (nSPS) is 10.5. The van der Waals surface area contributed by atoms with Crippen molar-refractivity contribution in [2.24, 2.45) is 0 Å². The fraction of sp³-hybridized carbons (Fsp3) is 0.200. The lowest BCUT2D eigenvalue weighted by Crippen LogP contribution is -2.05. The van der Waals surface area contributed by atoms with E-state index in [0.717, 1.165) is 18.2 Å². The Morgan fingerprint density at radius 3 is 2.32 bits per heavy atom. The smallest absolute Gasteiger partial charge is 0.167 e. The van der Waals surface area contributed by atoms with E-state index < -0.39 is 11.6 Å². The minimum Gasteiger partial charge on any atom is -0.486 e. The molecule has 0 radical (unpaired) electrons. The van der Waals surface area contributed by atoms with Crippen molar-refractivity contribution in [3.05, 3.63) is 65.2 Å². The molecule has 100 valence electrons. The standard InChI is InChI=1S/C15H15F2NO/c1-18-9-11-2-4-12(5-3-11)10-19-15-7-6-13(16)8-14(15)17/h2-8,18H,9-10H2,1H3. The van der Waals surface area contributed by atoms with Gasteiger partial charge in [0.2, 0.25) is 0 Å². The van der Waals surface area contributed by atoms with Crippen LogP contribution in [-0.4, -0.2) is 7.05 Å². The van der Waals surface area contributed by atoms with Crippen molar-refractivity contribution in [1.29, 1.82) is 0 Å². The molecule has 0 amide bonds. The molecule has 0 bridgehead atoms. The minimum atomic E-state index is -0.688. The predicted molar refractivity (Wildman–Crippen MR) is 69.9 cm³/mol. The van der Waals surface area contributed by atoms with Gasteiger partial charge in [-0.05, 0) is 30.3 Å². The molecule has 4 heteroatoms. The highest BCUT2D eigenvalue weighted by Crippen LogP contribution is 2.19. The van der Waals surface area contributed by atoms with Crippen LogP contribution in [-0.2, 0) is 13.2 Å². The maximum Gasteiger partial charge on any atom is 0.167 e. The molecule has 0 unspecified atom stereocenters. The molecular formula is C15H15F2NO.